The summed E-state index contributed by atoms with van der Waals surface area (Å²) in [4.78, 5) is 17.3. The fourth-order valence-electron chi connectivity index (χ4n) is 3.38. The van der Waals surface area contributed by atoms with Crippen LogP contribution in [0.2, 0.25) is 0 Å². The van der Waals surface area contributed by atoms with Crippen molar-refractivity contribution in [2.75, 3.05) is 6.54 Å². The van der Waals surface area contributed by atoms with Crippen LogP contribution in [0.1, 0.15) is 27.3 Å². The van der Waals surface area contributed by atoms with Crippen LogP contribution in [0.3, 0.4) is 0 Å². The van der Waals surface area contributed by atoms with E-state index in [1.807, 2.05) is 27.0 Å². The number of fused-ring (bicyclic) bond motifs is 2. The number of rotatable bonds is 4. The highest BCUT2D eigenvalue weighted by atomic mass is 32.1. The molecular formula is C20H20N4OS. The van der Waals surface area contributed by atoms with Crippen LogP contribution < -0.4 is 5.32 Å². The van der Waals surface area contributed by atoms with E-state index in [1.54, 1.807) is 16.0 Å². The summed E-state index contributed by atoms with van der Waals surface area (Å²) in [6.45, 7) is 4.41. The number of aromatic nitrogens is 3. The van der Waals surface area contributed by atoms with Crippen molar-refractivity contribution in [3.8, 4) is 0 Å². The Morgan fingerprint density at radius 1 is 1.27 bits per heavy atom. The molecule has 0 spiro atoms. The molecule has 0 saturated heterocycles. The zero-order valence-corrected chi connectivity index (χ0v) is 15.9. The summed E-state index contributed by atoms with van der Waals surface area (Å²) in [6.07, 6.45) is 0.814. The molecule has 3 heterocycles. The molecular weight excluding hydrogens is 344 g/mol. The van der Waals surface area contributed by atoms with E-state index in [0.29, 0.717) is 12.1 Å². The summed E-state index contributed by atoms with van der Waals surface area (Å²) in [5.74, 6) is -0.0730. The lowest BCUT2D eigenvalue weighted by atomic mass is 10.1. The van der Waals surface area contributed by atoms with Gasteiger partial charge in [0.2, 0.25) is 0 Å². The first kappa shape index (κ1) is 16.7. The average molecular weight is 364 g/mol. The molecule has 0 aliphatic carbocycles. The molecule has 0 aliphatic heterocycles. The summed E-state index contributed by atoms with van der Waals surface area (Å²) in [6, 6.07) is 10.2. The molecule has 0 radical (unpaired) electrons. The third-order valence-electron chi connectivity index (χ3n) is 4.58. The largest absolute Gasteiger partial charge is 0.352 e. The van der Waals surface area contributed by atoms with Crippen molar-refractivity contribution in [1.82, 2.24) is 20.1 Å². The summed E-state index contributed by atoms with van der Waals surface area (Å²) in [5.41, 5.74) is 4.31. The van der Waals surface area contributed by atoms with E-state index in [4.69, 9.17) is 0 Å². The Kier molecular flexibility index (Phi) is 4.20. The van der Waals surface area contributed by atoms with E-state index in [2.05, 4.69) is 45.0 Å². The Balaban J connectivity index is 1.55. The first-order chi connectivity index (χ1) is 12.5. The molecule has 4 rings (SSSR count). The molecule has 0 saturated carbocycles. The van der Waals surface area contributed by atoms with Crippen LogP contribution in [0.5, 0.6) is 0 Å². The van der Waals surface area contributed by atoms with Crippen LogP contribution in [0.15, 0.2) is 35.7 Å². The van der Waals surface area contributed by atoms with Crippen molar-refractivity contribution in [2.24, 2.45) is 7.05 Å². The second-order valence-electron chi connectivity index (χ2n) is 6.48. The van der Waals surface area contributed by atoms with Crippen LogP contribution in [0.4, 0.5) is 0 Å². The number of aryl methyl sites for hydroxylation is 3. The van der Waals surface area contributed by atoms with Gasteiger partial charge in [0.05, 0.1) is 16.6 Å². The monoisotopic (exact) mass is 364 g/mol. The third kappa shape index (κ3) is 2.86. The van der Waals surface area contributed by atoms with Gasteiger partial charge >= 0.3 is 0 Å². The normalized spacial score (nSPS) is 11.3. The maximum absolute atomic E-state index is 12.8. The number of thiophene rings is 1. The van der Waals surface area contributed by atoms with E-state index in [-0.39, 0.29) is 5.91 Å². The number of nitrogens with one attached hydrogen (secondary N) is 1. The molecule has 4 aromatic rings. The number of amides is 1. The van der Waals surface area contributed by atoms with Gasteiger partial charge in [0.25, 0.3) is 5.91 Å². The Morgan fingerprint density at radius 3 is 2.92 bits per heavy atom. The van der Waals surface area contributed by atoms with Gasteiger partial charge in [0, 0.05) is 24.0 Å². The molecule has 3 aromatic heterocycles. The number of carbonyl (C=O) groups excluding carboxylic acids is 1. The van der Waals surface area contributed by atoms with Gasteiger partial charge in [-0.25, -0.2) is 4.98 Å². The van der Waals surface area contributed by atoms with E-state index in [9.17, 15) is 4.79 Å². The topological polar surface area (TPSA) is 59.8 Å². The van der Waals surface area contributed by atoms with E-state index < -0.39 is 0 Å². The number of hydrogen-bond acceptors (Lipinski definition) is 4. The standard InChI is InChI=1S/C20H20N4OS/c1-12-10-16(18-13(2)23-24(3)19(18)22-12)20(25)21-9-8-14-11-26-17-7-5-4-6-15(14)17/h4-7,10-11H,8-9H2,1-3H3,(H,21,25). The Morgan fingerprint density at radius 2 is 2.08 bits per heavy atom. The summed E-state index contributed by atoms with van der Waals surface area (Å²) >= 11 is 1.75. The first-order valence-corrected chi connectivity index (χ1v) is 9.47. The molecule has 0 atom stereocenters. The van der Waals surface area contributed by atoms with Crippen molar-refractivity contribution >= 4 is 38.4 Å². The van der Waals surface area contributed by atoms with Gasteiger partial charge in [-0.05, 0) is 48.7 Å². The summed E-state index contributed by atoms with van der Waals surface area (Å²) in [5, 5.41) is 11.7. The van der Waals surface area contributed by atoms with Crippen molar-refractivity contribution in [3.05, 3.63) is 58.2 Å². The van der Waals surface area contributed by atoms with Crippen LogP contribution in [0.25, 0.3) is 21.1 Å². The van der Waals surface area contributed by atoms with Gasteiger partial charge in [-0.15, -0.1) is 11.3 Å². The van der Waals surface area contributed by atoms with E-state index >= 15 is 0 Å². The number of carbonyl (C=O) groups is 1. The predicted octanol–water partition coefficient (Wildman–Crippen LogP) is 3.77. The zero-order chi connectivity index (χ0) is 18.3. The lowest BCUT2D eigenvalue weighted by Gasteiger charge is -2.08. The van der Waals surface area contributed by atoms with Gasteiger partial charge in [0.15, 0.2) is 5.65 Å². The highest BCUT2D eigenvalue weighted by Gasteiger charge is 2.17. The minimum Gasteiger partial charge on any atom is -0.352 e. The number of benzene rings is 1. The smallest absolute Gasteiger partial charge is 0.252 e. The lowest BCUT2D eigenvalue weighted by molar-refractivity contribution is 0.0955. The van der Waals surface area contributed by atoms with Gasteiger partial charge in [-0.1, -0.05) is 18.2 Å². The number of hydrogen-bond donors (Lipinski definition) is 1. The molecule has 1 N–H and O–H groups in total. The zero-order valence-electron chi connectivity index (χ0n) is 15.0. The molecule has 0 unspecified atom stereocenters. The third-order valence-corrected chi connectivity index (χ3v) is 5.59. The minimum atomic E-state index is -0.0730. The molecule has 26 heavy (non-hydrogen) atoms. The van der Waals surface area contributed by atoms with Crippen molar-refractivity contribution in [2.45, 2.75) is 20.3 Å². The highest BCUT2D eigenvalue weighted by Crippen LogP contribution is 2.26. The SMILES string of the molecule is Cc1cc(C(=O)NCCc2csc3ccccc23)c2c(C)nn(C)c2n1. The second kappa shape index (κ2) is 6.53. The van der Waals surface area contributed by atoms with Crippen molar-refractivity contribution in [3.63, 3.8) is 0 Å². The Hall–Kier alpha value is -2.73. The molecule has 0 fully saturated rings. The Bertz CT molecular complexity index is 1130. The maximum Gasteiger partial charge on any atom is 0.252 e. The number of pyridine rings is 1. The molecule has 1 amide bonds. The van der Waals surface area contributed by atoms with Crippen LogP contribution in [-0.4, -0.2) is 27.2 Å². The average Bonchev–Trinajstić information content (AvgIpc) is 3.15. The van der Waals surface area contributed by atoms with E-state index in [1.165, 1.54) is 15.6 Å². The minimum absolute atomic E-state index is 0.0730. The van der Waals surface area contributed by atoms with Crippen molar-refractivity contribution in [1.29, 1.82) is 0 Å². The van der Waals surface area contributed by atoms with Gasteiger partial charge in [-0.3, -0.25) is 9.48 Å². The summed E-state index contributed by atoms with van der Waals surface area (Å²) < 4.78 is 3.01. The first-order valence-electron chi connectivity index (χ1n) is 8.59. The van der Waals surface area contributed by atoms with Gasteiger partial charge < -0.3 is 5.32 Å². The second-order valence-corrected chi connectivity index (χ2v) is 7.39. The van der Waals surface area contributed by atoms with Crippen LogP contribution >= 0.6 is 11.3 Å². The fraction of sp³-hybridized carbons (Fsp3) is 0.250. The maximum atomic E-state index is 12.8. The van der Waals surface area contributed by atoms with Crippen LogP contribution in [0, 0.1) is 13.8 Å². The van der Waals surface area contributed by atoms with Gasteiger partial charge in [-0.2, -0.15) is 5.10 Å². The molecule has 132 valence electrons. The fourth-order valence-corrected chi connectivity index (χ4v) is 4.38. The molecule has 0 aliphatic rings. The van der Waals surface area contributed by atoms with Gasteiger partial charge in [0.1, 0.15) is 0 Å². The van der Waals surface area contributed by atoms with E-state index in [0.717, 1.165) is 28.8 Å². The Labute approximate surface area is 155 Å². The molecule has 5 nitrogen and oxygen atoms in total. The highest BCUT2D eigenvalue weighted by molar-refractivity contribution is 7.17. The lowest BCUT2D eigenvalue weighted by Crippen LogP contribution is -2.26. The summed E-state index contributed by atoms with van der Waals surface area (Å²) in [7, 11) is 1.85. The van der Waals surface area contributed by atoms with Crippen LogP contribution in [-0.2, 0) is 13.5 Å². The number of nitrogens with zero attached hydrogens (tertiary/aromatic N) is 3. The predicted molar refractivity (Wildman–Crippen MR) is 106 cm³/mol. The van der Waals surface area contributed by atoms with Crippen molar-refractivity contribution < 1.29 is 4.79 Å². The molecule has 0 bridgehead atoms. The quantitative estimate of drug-likeness (QED) is 0.600. The molecule has 1 aromatic carbocycles. The molecule has 6 heteroatoms.